The number of hydrogen-bond donors (Lipinski definition) is 2. The predicted molar refractivity (Wildman–Crippen MR) is 127 cm³/mol. The number of halogens is 2. The van der Waals surface area contributed by atoms with Crippen LogP contribution >= 0.6 is 0 Å². The van der Waals surface area contributed by atoms with Crippen molar-refractivity contribution >= 4 is 11.6 Å². The standard InChI is InChI=1S/C27H26F2N2O4/c28-26(29)19-11-23(32)25(24(12-19)35-14-17-5-2-1-3-6-17)27(33)31-10-9-18-7-4-8-22(21(18)13-31)30-20-15-34-16-20/h1-8,11-12,20,26,30,32H,9-10,13-16H2. The van der Waals surface area contributed by atoms with Crippen LogP contribution in [0.15, 0.2) is 60.7 Å². The maximum atomic E-state index is 13.6. The summed E-state index contributed by atoms with van der Waals surface area (Å²) in [5.74, 6) is -1.03. The Morgan fingerprint density at radius 3 is 2.66 bits per heavy atom. The highest BCUT2D eigenvalue weighted by atomic mass is 19.3. The zero-order valence-electron chi connectivity index (χ0n) is 19.0. The van der Waals surface area contributed by atoms with Gasteiger partial charge in [-0.1, -0.05) is 42.5 Å². The number of nitrogens with zero attached hydrogens (tertiary/aromatic N) is 1. The number of ether oxygens (including phenoxy) is 2. The molecule has 0 aromatic heterocycles. The Bertz CT molecular complexity index is 1220. The largest absolute Gasteiger partial charge is 0.507 e. The van der Waals surface area contributed by atoms with E-state index in [0.29, 0.717) is 32.7 Å². The average Bonchev–Trinajstić information content (AvgIpc) is 2.84. The maximum Gasteiger partial charge on any atom is 0.264 e. The molecule has 1 fully saturated rings. The molecule has 2 aliphatic rings. The van der Waals surface area contributed by atoms with Gasteiger partial charge in [0, 0.05) is 24.3 Å². The molecule has 0 atom stereocenters. The third-order valence-electron chi connectivity index (χ3n) is 6.36. The molecule has 1 amide bonds. The van der Waals surface area contributed by atoms with Crippen molar-refractivity contribution in [1.82, 2.24) is 4.90 Å². The second kappa shape index (κ2) is 9.92. The van der Waals surface area contributed by atoms with Crippen LogP contribution in [-0.2, 0) is 24.3 Å². The molecule has 0 bridgehead atoms. The molecule has 2 heterocycles. The van der Waals surface area contributed by atoms with Crippen molar-refractivity contribution in [3.05, 3.63) is 88.5 Å². The highest BCUT2D eigenvalue weighted by molar-refractivity contribution is 6.00. The van der Waals surface area contributed by atoms with Gasteiger partial charge in [0.15, 0.2) is 0 Å². The summed E-state index contributed by atoms with van der Waals surface area (Å²) in [5, 5.41) is 14.1. The van der Waals surface area contributed by atoms with Gasteiger partial charge in [0.05, 0.1) is 19.3 Å². The summed E-state index contributed by atoms with van der Waals surface area (Å²) in [6, 6.07) is 17.5. The van der Waals surface area contributed by atoms with Crippen LogP contribution in [0.1, 0.15) is 39.0 Å². The molecule has 5 rings (SSSR count). The predicted octanol–water partition coefficient (Wildman–Crippen LogP) is 4.92. The first-order valence-corrected chi connectivity index (χ1v) is 11.6. The summed E-state index contributed by atoms with van der Waals surface area (Å²) >= 11 is 0. The second-order valence-electron chi connectivity index (χ2n) is 8.79. The van der Waals surface area contributed by atoms with E-state index in [1.54, 1.807) is 4.90 Å². The van der Waals surface area contributed by atoms with Crippen LogP contribution in [0.4, 0.5) is 14.5 Å². The van der Waals surface area contributed by atoms with Crippen LogP contribution in [0, 0.1) is 0 Å². The van der Waals surface area contributed by atoms with E-state index in [2.05, 4.69) is 5.32 Å². The quantitative estimate of drug-likeness (QED) is 0.503. The molecule has 182 valence electrons. The van der Waals surface area contributed by atoms with Crippen molar-refractivity contribution in [2.24, 2.45) is 0 Å². The minimum atomic E-state index is -2.81. The summed E-state index contributed by atoms with van der Waals surface area (Å²) in [6.07, 6.45) is -2.16. The summed E-state index contributed by atoms with van der Waals surface area (Å²) in [5.41, 5.74) is 3.42. The normalized spacial score (nSPS) is 15.5. The van der Waals surface area contributed by atoms with Gasteiger partial charge < -0.3 is 24.8 Å². The van der Waals surface area contributed by atoms with E-state index in [4.69, 9.17) is 9.47 Å². The fraction of sp³-hybridized carbons (Fsp3) is 0.296. The van der Waals surface area contributed by atoms with Gasteiger partial charge in [-0.25, -0.2) is 8.78 Å². The molecule has 0 spiro atoms. The molecule has 35 heavy (non-hydrogen) atoms. The van der Waals surface area contributed by atoms with E-state index >= 15 is 0 Å². The van der Waals surface area contributed by atoms with E-state index in [9.17, 15) is 18.7 Å². The number of rotatable bonds is 7. The Morgan fingerprint density at radius 2 is 1.94 bits per heavy atom. The summed E-state index contributed by atoms with van der Waals surface area (Å²) in [6.45, 7) is 2.13. The molecule has 0 unspecified atom stereocenters. The number of amides is 1. The molecule has 6 nitrogen and oxygen atoms in total. The fourth-order valence-electron chi connectivity index (χ4n) is 4.40. The highest BCUT2D eigenvalue weighted by Gasteiger charge is 2.30. The first-order chi connectivity index (χ1) is 17.0. The molecule has 2 aliphatic heterocycles. The molecule has 2 N–H and O–H groups in total. The van der Waals surface area contributed by atoms with Crippen LogP contribution < -0.4 is 10.1 Å². The van der Waals surface area contributed by atoms with Crippen LogP contribution in [0.2, 0.25) is 0 Å². The van der Waals surface area contributed by atoms with Crippen molar-refractivity contribution in [3.8, 4) is 11.5 Å². The van der Waals surface area contributed by atoms with Crippen LogP contribution in [0.3, 0.4) is 0 Å². The van der Waals surface area contributed by atoms with E-state index in [1.807, 2.05) is 48.5 Å². The minimum Gasteiger partial charge on any atom is -0.507 e. The Hall–Kier alpha value is -3.65. The number of phenolic OH excluding ortho intramolecular Hbond substituents is 1. The number of carbonyl (C=O) groups excluding carboxylic acids is 1. The maximum absolute atomic E-state index is 13.6. The summed E-state index contributed by atoms with van der Waals surface area (Å²) < 4.78 is 38.0. The molecule has 3 aromatic carbocycles. The molecule has 3 aromatic rings. The van der Waals surface area contributed by atoms with Crippen molar-refractivity contribution in [3.63, 3.8) is 0 Å². The smallest absolute Gasteiger partial charge is 0.264 e. The zero-order chi connectivity index (χ0) is 24.4. The third-order valence-corrected chi connectivity index (χ3v) is 6.36. The number of aromatic hydroxyl groups is 1. The first-order valence-electron chi connectivity index (χ1n) is 11.6. The second-order valence-corrected chi connectivity index (χ2v) is 8.79. The minimum absolute atomic E-state index is 0.0574. The zero-order valence-corrected chi connectivity index (χ0v) is 19.0. The SMILES string of the molecule is O=C(c1c(O)cc(C(F)F)cc1OCc1ccccc1)N1CCc2cccc(NC3COC3)c2C1. The highest BCUT2D eigenvalue weighted by Crippen LogP contribution is 2.37. The number of hydrogen-bond acceptors (Lipinski definition) is 5. The Kier molecular flexibility index (Phi) is 6.55. The van der Waals surface area contributed by atoms with Crippen molar-refractivity contribution in [2.75, 3.05) is 25.1 Å². The molecule has 0 radical (unpaired) electrons. The Labute approximate surface area is 202 Å². The molecular formula is C27H26F2N2O4. The molecule has 0 saturated carbocycles. The lowest BCUT2D eigenvalue weighted by molar-refractivity contribution is 0.0210. The lowest BCUT2D eigenvalue weighted by atomic mass is 9.96. The first kappa shape index (κ1) is 23.1. The molecule has 0 aliphatic carbocycles. The number of fused-ring (bicyclic) bond motifs is 1. The van der Waals surface area contributed by atoms with Gasteiger partial charge in [0.1, 0.15) is 23.7 Å². The van der Waals surface area contributed by atoms with Crippen LogP contribution in [-0.4, -0.2) is 41.7 Å². The van der Waals surface area contributed by atoms with E-state index in [-0.39, 0.29) is 24.0 Å². The van der Waals surface area contributed by atoms with E-state index in [1.165, 1.54) is 0 Å². The van der Waals surface area contributed by atoms with Gasteiger partial charge in [-0.05, 0) is 41.3 Å². The molecular weight excluding hydrogens is 454 g/mol. The lowest BCUT2D eigenvalue weighted by Crippen LogP contribution is -2.41. The number of benzene rings is 3. The third kappa shape index (κ3) is 4.93. The van der Waals surface area contributed by atoms with Gasteiger partial charge in [-0.3, -0.25) is 4.79 Å². The number of carbonyl (C=O) groups is 1. The summed E-state index contributed by atoms with van der Waals surface area (Å²) in [4.78, 5) is 15.2. The monoisotopic (exact) mass is 480 g/mol. The van der Waals surface area contributed by atoms with Gasteiger partial charge in [0.25, 0.3) is 12.3 Å². The number of nitrogens with one attached hydrogen (secondary N) is 1. The number of anilines is 1. The fourth-order valence-corrected chi connectivity index (χ4v) is 4.40. The van der Waals surface area contributed by atoms with Crippen molar-refractivity contribution in [1.29, 1.82) is 0 Å². The topological polar surface area (TPSA) is 71.0 Å². The summed E-state index contributed by atoms with van der Waals surface area (Å²) in [7, 11) is 0. The van der Waals surface area contributed by atoms with E-state index in [0.717, 1.165) is 34.5 Å². The van der Waals surface area contributed by atoms with Crippen molar-refractivity contribution < 1.29 is 28.2 Å². The van der Waals surface area contributed by atoms with Gasteiger partial charge in [-0.15, -0.1) is 0 Å². The number of alkyl halides is 2. The Balaban J connectivity index is 1.43. The molecule has 1 saturated heterocycles. The van der Waals surface area contributed by atoms with Crippen LogP contribution in [0.25, 0.3) is 0 Å². The van der Waals surface area contributed by atoms with Crippen LogP contribution in [0.5, 0.6) is 11.5 Å². The molecule has 8 heteroatoms. The number of phenols is 1. The van der Waals surface area contributed by atoms with Crippen molar-refractivity contribution in [2.45, 2.75) is 32.0 Å². The Morgan fingerprint density at radius 1 is 1.14 bits per heavy atom. The van der Waals surface area contributed by atoms with Gasteiger partial charge >= 0.3 is 0 Å². The lowest BCUT2D eigenvalue weighted by Gasteiger charge is -2.34. The van der Waals surface area contributed by atoms with E-state index < -0.39 is 23.6 Å². The van der Waals surface area contributed by atoms with Gasteiger partial charge in [0.2, 0.25) is 0 Å². The average molecular weight is 481 g/mol. The van der Waals surface area contributed by atoms with Gasteiger partial charge in [-0.2, -0.15) is 0 Å².